The van der Waals surface area contributed by atoms with Crippen molar-refractivity contribution in [3.05, 3.63) is 39.4 Å². The van der Waals surface area contributed by atoms with Crippen LogP contribution in [0.1, 0.15) is 21.6 Å². The fourth-order valence-corrected chi connectivity index (χ4v) is 1.83. The number of halogens is 2. The largest absolute Gasteiger partial charge is 0.348 e. The first-order valence-corrected chi connectivity index (χ1v) is 6.19. The second kappa shape index (κ2) is 5.54. The van der Waals surface area contributed by atoms with Gasteiger partial charge in [-0.1, -0.05) is 23.2 Å². The van der Waals surface area contributed by atoms with Crippen LogP contribution < -0.4 is 5.32 Å². The normalized spacial score (nSPS) is 10.5. The zero-order valence-electron chi connectivity index (χ0n) is 10.3. The Morgan fingerprint density at radius 3 is 2.79 bits per heavy atom. The van der Waals surface area contributed by atoms with Crippen LogP contribution in [0.4, 0.5) is 0 Å². The van der Waals surface area contributed by atoms with Crippen LogP contribution in [0.5, 0.6) is 0 Å². The number of rotatable bonds is 3. The molecule has 19 heavy (non-hydrogen) atoms. The van der Waals surface area contributed by atoms with Crippen molar-refractivity contribution in [2.45, 2.75) is 13.5 Å². The molecule has 2 rings (SSSR count). The number of hydrogen-bond donors (Lipinski definition) is 1. The van der Waals surface area contributed by atoms with Crippen molar-refractivity contribution < 1.29 is 4.79 Å². The average Bonchev–Trinajstić information content (AvgIpc) is 2.70. The molecular formula is C11H11Cl2N5O. The number of nitrogens with one attached hydrogen (secondary N) is 1. The molecule has 0 bridgehead atoms. The molecule has 2 heterocycles. The van der Waals surface area contributed by atoms with Crippen molar-refractivity contribution in [2.75, 3.05) is 0 Å². The number of hydrogen-bond acceptors (Lipinski definition) is 4. The Balaban J connectivity index is 2.09. The molecule has 0 aliphatic rings. The zero-order valence-corrected chi connectivity index (χ0v) is 11.8. The Kier molecular flexibility index (Phi) is 4.01. The van der Waals surface area contributed by atoms with Gasteiger partial charge in [0.1, 0.15) is 0 Å². The molecule has 0 fully saturated rings. The second-order valence-corrected chi connectivity index (χ2v) is 4.68. The first kappa shape index (κ1) is 13.8. The zero-order chi connectivity index (χ0) is 14.0. The molecule has 1 amide bonds. The molecule has 100 valence electrons. The fraction of sp³-hybridized carbons (Fsp3) is 0.273. The standard InChI is InChI=1S/C11H11Cl2N5O/c1-6-7(5-15-18(6)2)4-14-11(19)8-3-9(12)16-17-10(8)13/h3,5H,4H2,1-2H3,(H,14,19). The van der Waals surface area contributed by atoms with Gasteiger partial charge in [-0.25, -0.2) is 0 Å². The van der Waals surface area contributed by atoms with Crippen LogP contribution in [-0.2, 0) is 13.6 Å². The van der Waals surface area contributed by atoms with Gasteiger partial charge >= 0.3 is 0 Å². The third kappa shape index (κ3) is 3.02. The second-order valence-electron chi connectivity index (χ2n) is 3.93. The number of amides is 1. The minimum Gasteiger partial charge on any atom is -0.348 e. The molecule has 0 aliphatic carbocycles. The molecule has 2 aromatic heterocycles. The van der Waals surface area contributed by atoms with Gasteiger partial charge in [0.25, 0.3) is 5.91 Å². The van der Waals surface area contributed by atoms with Gasteiger partial charge in [-0.3, -0.25) is 9.48 Å². The summed E-state index contributed by atoms with van der Waals surface area (Å²) in [6.07, 6.45) is 1.70. The van der Waals surface area contributed by atoms with Gasteiger partial charge in [0.2, 0.25) is 0 Å². The molecule has 0 radical (unpaired) electrons. The van der Waals surface area contributed by atoms with Crippen molar-refractivity contribution in [2.24, 2.45) is 7.05 Å². The first-order chi connectivity index (χ1) is 8.99. The summed E-state index contributed by atoms with van der Waals surface area (Å²) in [4.78, 5) is 12.0. The van der Waals surface area contributed by atoms with Crippen LogP contribution in [0.15, 0.2) is 12.3 Å². The van der Waals surface area contributed by atoms with Crippen molar-refractivity contribution in [1.82, 2.24) is 25.3 Å². The van der Waals surface area contributed by atoms with Crippen LogP contribution in [-0.4, -0.2) is 25.9 Å². The number of nitrogens with zero attached hydrogens (tertiary/aromatic N) is 4. The van der Waals surface area contributed by atoms with Gasteiger partial charge in [-0.15, -0.1) is 10.2 Å². The lowest BCUT2D eigenvalue weighted by Gasteiger charge is -2.06. The van der Waals surface area contributed by atoms with Crippen LogP contribution >= 0.6 is 23.2 Å². The van der Waals surface area contributed by atoms with E-state index in [1.54, 1.807) is 10.9 Å². The summed E-state index contributed by atoms with van der Waals surface area (Å²) in [7, 11) is 1.84. The molecule has 0 unspecified atom stereocenters. The van der Waals surface area contributed by atoms with Crippen LogP contribution in [0.2, 0.25) is 10.3 Å². The van der Waals surface area contributed by atoms with Crippen molar-refractivity contribution in [1.29, 1.82) is 0 Å². The number of carbonyl (C=O) groups excluding carboxylic acids is 1. The molecule has 0 saturated heterocycles. The molecule has 0 spiro atoms. The molecular weight excluding hydrogens is 289 g/mol. The Labute approximate surface area is 119 Å². The lowest BCUT2D eigenvalue weighted by molar-refractivity contribution is 0.0950. The van der Waals surface area contributed by atoms with Gasteiger partial charge in [-0.2, -0.15) is 5.10 Å². The van der Waals surface area contributed by atoms with E-state index in [1.165, 1.54) is 6.07 Å². The number of aromatic nitrogens is 4. The minimum absolute atomic E-state index is 0.0183. The maximum atomic E-state index is 12.0. The summed E-state index contributed by atoms with van der Waals surface area (Å²) in [6, 6.07) is 1.38. The highest BCUT2D eigenvalue weighted by Gasteiger charge is 2.13. The molecule has 2 aromatic rings. The average molecular weight is 300 g/mol. The molecule has 6 nitrogen and oxygen atoms in total. The van der Waals surface area contributed by atoms with Crippen molar-refractivity contribution >= 4 is 29.1 Å². The van der Waals surface area contributed by atoms with E-state index in [4.69, 9.17) is 23.2 Å². The highest BCUT2D eigenvalue weighted by atomic mass is 35.5. The van der Waals surface area contributed by atoms with E-state index in [9.17, 15) is 4.79 Å². The fourth-order valence-electron chi connectivity index (χ4n) is 1.50. The summed E-state index contributed by atoms with van der Waals surface area (Å²) in [5.41, 5.74) is 2.11. The van der Waals surface area contributed by atoms with Crippen LogP contribution in [0.25, 0.3) is 0 Å². The number of aryl methyl sites for hydroxylation is 1. The van der Waals surface area contributed by atoms with E-state index < -0.39 is 0 Å². The maximum Gasteiger partial charge on any atom is 0.254 e. The summed E-state index contributed by atoms with van der Waals surface area (Å²) >= 11 is 11.5. The van der Waals surface area contributed by atoms with E-state index >= 15 is 0 Å². The Hall–Kier alpha value is -1.66. The Bertz CT molecular complexity index is 626. The predicted octanol–water partition coefficient (Wildman–Crippen LogP) is 1.76. The Morgan fingerprint density at radius 1 is 1.42 bits per heavy atom. The highest BCUT2D eigenvalue weighted by molar-refractivity contribution is 6.34. The summed E-state index contributed by atoms with van der Waals surface area (Å²) in [6.45, 7) is 2.28. The topological polar surface area (TPSA) is 72.7 Å². The van der Waals surface area contributed by atoms with E-state index in [-0.39, 0.29) is 21.8 Å². The summed E-state index contributed by atoms with van der Waals surface area (Å²) in [5, 5.41) is 14.1. The van der Waals surface area contributed by atoms with Gasteiger partial charge in [0, 0.05) is 24.8 Å². The molecule has 0 saturated carbocycles. The Morgan fingerprint density at radius 2 is 2.16 bits per heavy atom. The molecule has 8 heteroatoms. The minimum atomic E-state index is -0.356. The van der Waals surface area contributed by atoms with Gasteiger partial charge < -0.3 is 5.32 Å². The highest BCUT2D eigenvalue weighted by Crippen LogP contribution is 2.15. The van der Waals surface area contributed by atoms with E-state index in [0.29, 0.717) is 6.54 Å². The third-order valence-corrected chi connectivity index (χ3v) is 3.20. The van der Waals surface area contributed by atoms with Crippen LogP contribution in [0.3, 0.4) is 0 Å². The summed E-state index contributed by atoms with van der Waals surface area (Å²) < 4.78 is 1.74. The number of carbonyl (C=O) groups is 1. The lowest BCUT2D eigenvalue weighted by Crippen LogP contribution is -2.23. The molecule has 0 atom stereocenters. The summed E-state index contributed by atoms with van der Waals surface area (Å²) in [5.74, 6) is -0.356. The lowest BCUT2D eigenvalue weighted by atomic mass is 10.2. The van der Waals surface area contributed by atoms with Gasteiger partial charge in [0.05, 0.1) is 11.8 Å². The van der Waals surface area contributed by atoms with Crippen molar-refractivity contribution in [3.8, 4) is 0 Å². The quantitative estimate of drug-likeness (QED) is 0.937. The van der Waals surface area contributed by atoms with Gasteiger partial charge in [0.15, 0.2) is 10.3 Å². The molecule has 0 aliphatic heterocycles. The van der Waals surface area contributed by atoms with E-state index in [1.807, 2.05) is 14.0 Å². The van der Waals surface area contributed by atoms with Gasteiger partial charge in [-0.05, 0) is 13.0 Å². The van der Waals surface area contributed by atoms with Crippen molar-refractivity contribution in [3.63, 3.8) is 0 Å². The molecule has 1 N–H and O–H groups in total. The monoisotopic (exact) mass is 299 g/mol. The SMILES string of the molecule is Cc1c(CNC(=O)c2cc(Cl)nnc2Cl)cnn1C. The van der Waals surface area contributed by atoms with Crippen LogP contribution in [0, 0.1) is 6.92 Å². The van der Waals surface area contributed by atoms with E-state index in [0.717, 1.165) is 11.3 Å². The smallest absolute Gasteiger partial charge is 0.254 e. The predicted molar refractivity (Wildman–Crippen MR) is 71.2 cm³/mol. The first-order valence-electron chi connectivity index (χ1n) is 5.43. The maximum absolute atomic E-state index is 12.0. The van der Waals surface area contributed by atoms with E-state index in [2.05, 4.69) is 20.6 Å². The molecule has 0 aromatic carbocycles. The third-order valence-electron chi connectivity index (χ3n) is 2.74.